The van der Waals surface area contributed by atoms with Crippen LogP contribution in [0.1, 0.15) is 51.3 Å². The minimum atomic E-state index is -0.693. The Labute approximate surface area is 266 Å². The van der Waals surface area contributed by atoms with Crippen molar-refractivity contribution in [3.63, 3.8) is 0 Å². The summed E-state index contributed by atoms with van der Waals surface area (Å²) in [5, 5.41) is 0. The van der Waals surface area contributed by atoms with Crippen molar-refractivity contribution in [2.45, 2.75) is 110 Å². The Morgan fingerprint density at radius 1 is 0.556 bits per heavy atom. The zero-order chi connectivity index (χ0) is 31.8. The van der Waals surface area contributed by atoms with Gasteiger partial charge in [-0.2, -0.15) is 0 Å². The van der Waals surface area contributed by atoms with Crippen molar-refractivity contribution in [3.8, 4) is 0 Å². The van der Waals surface area contributed by atoms with Crippen molar-refractivity contribution in [2.24, 2.45) is 5.92 Å². The fraction of sp³-hybridized carbons (Fsp3) is 0.486. The largest absolute Gasteiger partial charge is 0.457 e. The number of ether oxygens (including phenoxy) is 7. The van der Waals surface area contributed by atoms with E-state index >= 15 is 0 Å². The predicted octanol–water partition coefficient (Wildman–Crippen LogP) is 6.25. The molecular formula is C37H46O8. The van der Waals surface area contributed by atoms with Crippen LogP contribution in [0.2, 0.25) is 0 Å². The molecule has 0 spiro atoms. The molecule has 0 bridgehead atoms. The molecule has 5 unspecified atom stereocenters. The van der Waals surface area contributed by atoms with Crippen LogP contribution in [-0.4, -0.2) is 61.1 Å². The maximum atomic E-state index is 12.2. The third-order valence-corrected chi connectivity index (χ3v) is 8.53. The van der Waals surface area contributed by atoms with Gasteiger partial charge in [-0.25, -0.2) is 0 Å². The summed E-state index contributed by atoms with van der Waals surface area (Å²) < 4.78 is 44.9. The van der Waals surface area contributed by atoms with E-state index in [1.165, 1.54) is 6.92 Å². The molecule has 45 heavy (non-hydrogen) atoms. The highest BCUT2D eigenvalue weighted by atomic mass is 16.7. The number of rotatable bonds is 12. The topological polar surface area (TPSA) is 81.7 Å². The van der Waals surface area contributed by atoms with Crippen molar-refractivity contribution in [2.75, 3.05) is 0 Å². The van der Waals surface area contributed by atoms with E-state index in [-0.39, 0.29) is 30.3 Å². The van der Waals surface area contributed by atoms with Crippen molar-refractivity contribution in [1.82, 2.24) is 0 Å². The molecule has 2 fully saturated rings. The molecule has 0 aromatic heterocycles. The van der Waals surface area contributed by atoms with Gasteiger partial charge in [0, 0.05) is 12.8 Å². The molecule has 8 heteroatoms. The Morgan fingerprint density at radius 2 is 0.956 bits per heavy atom. The lowest BCUT2D eigenvalue weighted by Gasteiger charge is -2.49. The summed E-state index contributed by atoms with van der Waals surface area (Å²) in [6.45, 7) is 10.5. The third kappa shape index (κ3) is 8.79. The van der Waals surface area contributed by atoms with E-state index in [0.717, 1.165) is 16.7 Å². The Balaban J connectivity index is 1.38. The molecule has 5 rings (SSSR count). The lowest BCUT2D eigenvalue weighted by molar-refractivity contribution is -0.335. The Kier molecular flexibility index (Phi) is 11.8. The van der Waals surface area contributed by atoms with Crippen molar-refractivity contribution in [3.05, 3.63) is 108 Å². The highest BCUT2D eigenvalue weighted by molar-refractivity contribution is 5.66. The number of hydrogen-bond donors (Lipinski definition) is 0. The van der Waals surface area contributed by atoms with Gasteiger partial charge in [0.2, 0.25) is 0 Å². The molecule has 242 valence electrons. The molecule has 3 aromatic rings. The Morgan fingerprint density at radius 3 is 1.42 bits per heavy atom. The van der Waals surface area contributed by atoms with E-state index in [4.69, 9.17) is 33.2 Å². The van der Waals surface area contributed by atoms with Gasteiger partial charge >= 0.3 is 5.97 Å². The first-order valence-electron chi connectivity index (χ1n) is 15.9. The molecule has 8 nitrogen and oxygen atoms in total. The number of carbonyl (C=O) groups excluding carboxylic acids is 1. The first kappa shape index (κ1) is 33.3. The standard InChI is InChI=1S/C37H46O8/c1-24-32(39-21-29-15-9-6-10-16-29)33(40-22-30-17-11-7-12-18-30)26(3)43-37(24)45-36-34(41-23-31-19-13-8-14-20-31)25(2)42-27(4)35(36)44-28(5)38/h6-20,24-27,32-37H,21-23H2,1-5H3/t24?,25?,26?,27?,32-,33+,34-,35?,36+,37+/m1/s1. The monoisotopic (exact) mass is 618 g/mol. The highest BCUT2D eigenvalue weighted by Gasteiger charge is 2.51. The fourth-order valence-electron chi connectivity index (χ4n) is 6.18. The van der Waals surface area contributed by atoms with Gasteiger partial charge in [-0.05, 0) is 37.5 Å². The normalized spacial score (nSPS) is 31.8. The first-order chi connectivity index (χ1) is 21.8. The molecule has 3 aromatic carbocycles. The average Bonchev–Trinajstić information content (AvgIpc) is 3.04. The smallest absolute Gasteiger partial charge is 0.303 e. The molecule has 2 aliphatic rings. The summed E-state index contributed by atoms with van der Waals surface area (Å²) in [5.41, 5.74) is 3.17. The van der Waals surface area contributed by atoms with Crippen LogP contribution in [0, 0.1) is 5.92 Å². The minimum Gasteiger partial charge on any atom is -0.457 e. The minimum absolute atomic E-state index is 0.230. The van der Waals surface area contributed by atoms with Gasteiger partial charge in [0.05, 0.1) is 44.2 Å². The summed E-state index contributed by atoms with van der Waals surface area (Å²) in [4.78, 5) is 12.2. The second-order valence-corrected chi connectivity index (χ2v) is 12.1. The highest BCUT2D eigenvalue weighted by Crippen LogP contribution is 2.36. The van der Waals surface area contributed by atoms with Crippen molar-refractivity contribution < 1.29 is 38.0 Å². The van der Waals surface area contributed by atoms with E-state index in [2.05, 4.69) is 6.92 Å². The van der Waals surface area contributed by atoms with Crippen LogP contribution >= 0.6 is 0 Å². The number of benzene rings is 3. The van der Waals surface area contributed by atoms with Crippen LogP contribution < -0.4 is 0 Å². The summed E-state index contributed by atoms with van der Waals surface area (Å²) >= 11 is 0. The fourth-order valence-corrected chi connectivity index (χ4v) is 6.18. The molecular weight excluding hydrogens is 572 g/mol. The van der Waals surface area contributed by atoms with Crippen molar-refractivity contribution in [1.29, 1.82) is 0 Å². The van der Waals surface area contributed by atoms with Gasteiger partial charge in [0.1, 0.15) is 18.3 Å². The average molecular weight is 619 g/mol. The van der Waals surface area contributed by atoms with Crippen LogP contribution in [0.3, 0.4) is 0 Å². The maximum absolute atomic E-state index is 12.2. The summed E-state index contributed by atoms with van der Waals surface area (Å²) in [6.07, 6.45) is -4.29. The van der Waals surface area contributed by atoms with E-state index in [0.29, 0.717) is 19.8 Å². The third-order valence-electron chi connectivity index (χ3n) is 8.53. The molecule has 0 amide bonds. The quantitative estimate of drug-likeness (QED) is 0.221. The van der Waals surface area contributed by atoms with E-state index in [1.54, 1.807) is 0 Å². The zero-order valence-corrected chi connectivity index (χ0v) is 26.8. The van der Waals surface area contributed by atoms with Gasteiger partial charge in [-0.15, -0.1) is 0 Å². The van der Waals surface area contributed by atoms with Gasteiger partial charge in [0.15, 0.2) is 12.4 Å². The van der Waals surface area contributed by atoms with Crippen LogP contribution in [0.15, 0.2) is 91.0 Å². The number of esters is 1. The SMILES string of the molecule is CC(=O)OC1C(C)OC(C)[C@@H](OCc2ccccc2)[C@@H]1O[C@@H]1OC(C)[C@H](OCc2ccccc2)[C@H](OCc2ccccc2)C1C. The molecule has 10 atom stereocenters. The van der Waals surface area contributed by atoms with E-state index < -0.39 is 36.7 Å². The van der Waals surface area contributed by atoms with Crippen LogP contribution in [0.5, 0.6) is 0 Å². The van der Waals surface area contributed by atoms with Gasteiger partial charge < -0.3 is 33.2 Å². The lowest BCUT2D eigenvalue weighted by Crippen LogP contribution is -2.62. The predicted molar refractivity (Wildman–Crippen MR) is 169 cm³/mol. The van der Waals surface area contributed by atoms with E-state index in [9.17, 15) is 4.79 Å². The Bertz CT molecular complexity index is 1310. The molecule has 0 saturated carbocycles. The lowest BCUT2D eigenvalue weighted by atomic mass is 9.91. The molecule has 0 radical (unpaired) electrons. The van der Waals surface area contributed by atoms with Crippen LogP contribution in [0.4, 0.5) is 0 Å². The number of hydrogen-bond acceptors (Lipinski definition) is 8. The van der Waals surface area contributed by atoms with E-state index in [1.807, 2.05) is 112 Å². The Hall–Kier alpha value is -3.11. The van der Waals surface area contributed by atoms with Crippen molar-refractivity contribution >= 4 is 5.97 Å². The van der Waals surface area contributed by atoms with Gasteiger partial charge in [0.25, 0.3) is 0 Å². The van der Waals surface area contributed by atoms with Gasteiger partial charge in [-0.3, -0.25) is 4.79 Å². The number of carbonyl (C=O) groups is 1. The summed E-state index contributed by atoms with van der Waals surface area (Å²) in [7, 11) is 0. The second-order valence-electron chi connectivity index (χ2n) is 12.1. The van der Waals surface area contributed by atoms with Crippen LogP contribution in [0.25, 0.3) is 0 Å². The first-order valence-corrected chi connectivity index (χ1v) is 15.9. The molecule has 0 N–H and O–H groups in total. The van der Waals surface area contributed by atoms with Gasteiger partial charge in [-0.1, -0.05) is 97.9 Å². The summed E-state index contributed by atoms with van der Waals surface area (Å²) in [6, 6.07) is 30.1. The molecule has 2 heterocycles. The maximum Gasteiger partial charge on any atom is 0.303 e. The second kappa shape index (κ2) is 15.9. The zero-order valence-electron chi connectivity index (χ0n) is 26.8. The van der Waals surface area contributed by atoms with Crippen LogP contribution in [-0.2, 0) is 57.8 Å². The molecule has 2 saturated heterocycles. The molecule has 2 aliphatic heterocycles. The molecule has 0 aliphatic carbocycles. The summed E-state index contributed by atoms with van der Waals surface area (Å²) in [5.74, 6) is -0.642.